The zero-order valence-corrected chi connectivity index (χ0v) is 11.7. The van der Waals surface area contributed by atoms with E-state index in [9.17, 15) is 13.2 Å². The van der Waals surface area contributed by atoms with Gasteiger partial charge in [0.15, 0.2) is 5.03 Å². The molecule has 2 aromatic heterocycles. The number of fused-ring (bicyclic) bond motifs is 1. The summed E-state index contributed by atoms with van der Waals surface area (Å²) in [5.74, 6) is -0.474. The van der Waals surface area contributed by atoms with Crippen molar-refractivity contribution in [2.75, 3.05) is 6.54 Å². The summed E-state index contributed by atoms with van der Waals surface area (Å²) in [5, 5.41) is 8.64. The number of hydrogen-bond donors (Lipinski definition) is 1. The number of carboxylic acids is 1. The van der Waals surface area contributed by atoms with Crippen LogP contribution in [0, 0.1) is 0 Å². The number of rotatable bonds is 3. The lowest BCUT2D eigenvalue weighted by molar-refractivity contribution is 0.0696. The van der Waals surface area contributed by atoms with E-state index in [1.54, 1.807) is 12.4 Å². The smallest absolute Gasteiger partial charge is 0.337 e. The average Bonchev–Trinajstić information content (AvgIpc) is 2.94. The van der Waals surface area contributed by atoms with E-state index in [2.05, 4.69) is 9.97 Å². The first-order valence-corrected chi connectivity index (χ1v) is 7.62. The first-order valence-electron chi connectivity index (χ1n) is 6.18. The minimum atomic E-state index is -3.75. The maximum absolute atomic E-state index is 12.5. The fourth-order valence-electron chi connectivity index (χ4n) is 2.15. The van der Waals surface area contributed by atoms with Gasteiger partial charge in [0, 0.05) is 31.7 Å². The minimum absolute atomic E-state index is 0.0527. The number of aromatic nitrogens is 3. The van der Waals surface area contributed by atoms with Crippen LogP contribution in [-0.2, 0) is 23.1 Å². The molecule has 21 heavy (non-hydrogen) atoms. The molecule has 0 atom stereocenters. The number of sulfonamides is 1. The number of aromatic carboxylic acids is 1. The third kappa shape index (κ3) is 2.41. The zero-order valence-electron chi connectivity index (χ0n) is 10.9. The number of hydrogen-bond acceptors (Lipinski definition) is 5. The molecule has 0 aromatic carbocycles. The molecule has 0 spiro atoms. The standard InChI is InChI=1S/C12H12N4O4S/c17-12(18)9-1-2-11(14-7-9)21(19,20)16-6-5-15-4-3-13-10(15)8-16/h1-4,7H,5-6,8H2,(H,17,18). The van der Waals surface area contributed by atoms with E-state index >= 15 is 0 Å². The lowest BCUT2D eigenvalue weighted by atomic mass is 10.3. The van der Waals surface area contributed by atoms with Gasteiger partial charge in [-0.05, 0) is 12.1 Å². The van der Waals surface area contributed by atoms with Gasteiger partial charge in [-0.25, -0.2) is 23.2 Å². The summed E-state index contributed by atoms with van der Waals surface area (Å²) < 4.78 is 28.1. The van der Waals surface area contributed by atoms with E-state index < -0.39 is 16.0 Å². The molecule has 0 saturated carbocycles. The number of pyridine rings is 1. The van der Waals surface area contributed by atoms with Crippen molar-refractivity contribution in [1.82, 2.24) is 18.8 Å². The van der Waals surface area contributed by atoms with Gasteiger partial charge in [0.25, 0.3) is 10.0 Å². The van der Waals surface area contributed by atoms with Crippen LogP contribution in [-0.4, -0.2) is 44.9 Å². The molecule has 9 heteroatoms. The molecule has 1 aliphatic rings. The molecule has 0 aliphatic carbocycles. The SMILES string of the molecule is O=C(O)c1ccc(S(=O)(=O)N2CCn3ccnc3C2)nc1. The van der Waals surface area contributed by atoms with E-state index in [0.717, 1.165) is 6.20 Å². The average molecular weight is 308 g/mol. The highest BCUT2D eigenvalue weighted by Crippen LogP contribution is 2.19. The van der Waals surface area contributed by atoms with Gasteiger partial charge in [-0.1, -0.05) is 0 Å². The van der Waals surface area contributed by atoms with Gasteiger partial charge in [-0.15, -0.1) is 0 Å². The van der Waals surface area contributed by atoms with Crippen molar-refractivity contribution >= 4 is 16.0 Å². The highest BCUT2D eigenvalue weighted by Gasteiger charge is 2.29. The molecular formula is C12H12N4O4S. The molecule has 3 rings (SSSR count). The Kier molecular flexibility index (Phi) is 3.22. The van der Waals surface area contributed by atoms with Gasteiger partial charge in [-0.2, -0.15) is 4.31 Å². The zero-order chi connectivity index (χ0) is 15.0. The molecular weight excluding hydrogens is 296 g/mol. The summed E-state index contributed by atoms with van der Waals surface area (Å²) in [6.07, 6.45) is 4.48. The Balaban J connectivity index is 1.89. The monoisotopic (exact) mass is 308 g/mol. The Bertz CT molecular complexity index is 782. The van der Waals surface area contributed by atoms with Crippen molar-refractivity contribution in [3.05, 3.63) is 42.1 Å². The molecule has 0 bridgehead atoms. The first-order chi connectivity index (χ1) is 9.98. The van der Waals surface area contributed by atoms with Crippen molar-refractivity contribution in [2.45, 2.75) is 18.1 Å². The van der Waals surface area contributed by atoms with Crippen molar-refractivity contribution in [1.29, 1.82) is 0 Å². The van der Waals surface area contributed by atoms with E-state index in [4.69, 9.17) is 5.11 Å². The van der Waals surface area contributed by atoms with Crippen molar-refractivity contribution in [2.24, 2.45) is 0 Å². The van der Waals surface area contributed by atoms with Crippen LogP contribution in [0.5, 0.6) is 0 Å². The molecule has 110 valence electrons. The van der Waals surface area contributed by atoms with E-state index in [-0.39, 0.29) is 17.1 Å². The molecule has 1 N–H and O–H groups in total. The third-order valence-corrected chi connectivity index (χ3v) is 5.06. The maximum atomic E-state index is 12.5. The van der Waals surface area contributed by atoms with Gasteiger partial charge < -0.3 is 9.67 Å². The highest BCUT2D eigenvalue weighted by atomic mass is 32.2. The normalized spacial score (nSPS) is 15.6. The Hall–Kier alpha value is -2.26. The molecule has 0 saturated heterocycles. The maximum Gasteiger partial charge on any atom is 0.337 e. The molecule has 2 aromatic rings. The fraction of sp³-hybridized carbons (Fsp3) is 0.250. The summed E-state index contributed by atoms with van der Waals surface area (Å²) in [4.78, 5) is 18.6. The summed E-state index contributed by atoms with van der Waals surface area (Å²) in [5.41, 5.74) is -0.0527. The van der Waals surface area contributed by atoms with E-state index in [1.165, 1.54) is 16.4 Å². The molecule has 0 radical (unpaired) electrons. The Morgan fingerprint density at radius 2 is 2.05 bits per heavy atom. The van der Waals surface area contributed by atoms with Crippen molar-refractivity contribution < 1.29 is 18.3 Å². The molecule has 8 nitrogen and oxygen atoms in total. The number of carboxylic acid groups (broad SMARTS) is 1. The number of carbonyl (C=O) groups is 1. The van der Waals surface area contributed by atoms with Gasteiger partial charge in [0.05, 0.1) is 12.1 Å². The lowest BCUT2D eigenvalue weighted by Crippen LogP contribution is -2.38. The third-order valence-electron chi connectivity index (χ3n) is 3.30. The Labute approximate surface area is 120 Å². The summed E-state index contributed by atoms with van der Waals surface area (Å²) in [6.45, 7) is 1.04. The van der Waals surface area contributed by atoms with Crippen LogP contribution in [0.4, 0.5) is 0 Å². The predicted octanol–water partition coefficient (Wildman–Crippen LogP) is 0.181. The second kappa shape index (κ2) is 4.93. The molecule has 0 amide bonds. The molecule has 1 aliphatic heterocycles. The van der Waals surface area contributed by atoms with Crippen LogP contribution in [0.1, 0.15) is 16.2 Å². The second-order valence-electron chi connectivity index (χ2n) is 4.57. The number of imidazole rings is 1. The summed E-state index contributed by atoms with van der Waals surface area (Å²) in [7, 11) is -3.75. The van der Waals surface area contributed by atoms with Crippen molar-refractivity contribution in [3.8, 4) is 0 Å². The summed E-state index contributed by atoms with van der Waals surface area (Å²) >= 11 is 0. The lowest BCUT2D eigenvalue weighted by Gasteiger charge is -2.26. The van der Waals surface area contributed by atoms with Crippen LogP contribution < -0.4 is 0 Å². The predicted molar refractivity (Wildman–Crippen MR) is 71.0 cm³/mol. The Morgan fingerprint density at radius 3 is 2.71 bits per heavy atom. The van der Waals surface area contributed by atoms with Crippen LogP contribution >= 0.6 is 0 Å². The van der Waals surface area contributed by atoms with Gasteiger partial charge >= 0.3 is 5.97 Å². The van der Waals surface area contributed by atoms with Crippen LogP contribution in [0.2, 0.25) is 0 Å². The molecule has 0 fully saturated rings. The van der Waals surface area contributed by atoms with Crippen LogP contribution in [0.15, 0.2) is 35.7 Å². The topological polar surface area (TPSA) is 105 Å². The number of nitrogens with zero attached hydrogens (tertiary/aromatic N) is 4. The largest absolute Gasteiger partial charge is 0.478 e. The molecule has 0 unspecified atom stereocenters. The quantitative estimate of drug-likeness (QED) is 0.867. The first kappa shape index (κ1) is 13.7. The van der Waals surface area contributed by atoms with E-state index in [0.29, 0.717) is 18.9 Å². The van der Waals surface area contributed by atoms with Crippen LogP contribution in [0.25, 0.3) is 0 Å². The summed E-state index contributed by atoms with van der Waals surface area (Å²) in [6, 6.07) is 2.44. The van der Waals surface area contributed by atoms with Gasteiger partial charge in [-0.3, -0.25) is 0 Å². The van der Waals surface area contributed by atoms with Gasteiger partial charge in [0.2, 0.25) is 0 Å². The van der Waals surface area contributed by atoms with Crippen molar-refractivity contribution in [3.63, 3.8) is 0 Å². The molecule has 3 heterocycles. The Morgan fingerprint density at radius 1 is 1.24 bits per heavy atom. The fourth-order valence-corrected chi connectivity index (χ4v) is 3.45. The second-order valence-corrected chi connectivity index (χ2v) is 6.45. The van der Waals surface area contributed by atoms with Gasteiger partial charge in [0.1, 0.15) is 5.82 Å². The highest BCUT2D eigenvalue weighted by molar-refractivity contribution is 7.89. The minimum Gasteiger partial charge on any atom is -0.478 e. The van der Waals surface area contributed by atoms with E-state index in [1.807, 2.05) is 4.57 Å². The van der Waals surface area contributed by atoms with Crippen LogP contribution in [0.3, 0.4) is 0 Å².